The minimum absolute atomic E-state index is 0.398. The quantitative estimate of drug-likeness (QED) is 0.606. The van der Waals surface area contributed by atoms with Crippen LogP contribution in [-0.2, 0) is 17.9 Å². The average Bonchev–Trinajstić information content (AvgIpc) is 3.29. The van der Waals surface area contributed by atoms with Gasteiger partial charge in [0, 0.05) is 25.6 Å². The summed E-state index contributed by atoms with van der Waals surface area (Å²) in [5.41, 5.74) is 1.21. The van der Waals surface area contributed by atoms with E-state index in [0.717, 1.165) is 38.6 Å². The van der Waals surface area contributed by atoms with Gasteiger partial charge in [-0.3, -0.25) is 0 Å². The molecule has 0 radical (unpaired) electrons. The number of ether oxygens (including phenoxy) is 1. The highest BCUT2D eigenvalue weighted by Gasteiger charge is 2.25. The van der Waals surface area contributed by atoms with Crippen LogP contribution < -0.4 is 5.32 Å². The first-order valence-corrected chi connectivity index (χ1v) is 9.18. The third-order valence-electron chi connectivity index (χ3n) is 4.32. The zero-order valence-corrected chi connectivity index (χ0v) is 15.5. The molecule has 1 saturated heterocycles. The number of hydrogen-bond acceptors (Lipinski definition) is 5. The predicted octanol–water partition coefficient (Wildman–Crippen LogP) is 2.38. The Morgan fingerprint density at radius 2 is 2.23 bits per heavy atom. The Bertz CT molecular complexity index is 701. The highest BCUT2D eigenvalue weighted by atomic mass is 16.5. The molecule has 0 amide bonds. The Balaban J connectivity index is 1.48. The maximum absolute atomic E-state index is 5.90. The van der Waals surface area contributed by atoms with Gasteiger partial charge in [0.15, 0.2) is 11.8 Å². The smallest absolute Gasteiger partial charge is 0.248 e. The average molecular weight is 357 g/mol. The molecule has 7 nitrogen and oxygen atoms in total. The maximum atomic E-state index is 5.90. The summed E-state index contributed by atoms with van der Waals surface area (Å²) in [5.74, 6) is 2.60. The van der Waals surface area contributed by atoms with E-state index in [4.69, 9.17) is 9.26 Å². The molecule has 0 bridgehead atoms. The molecule has 1 aromatic heterocycles. The minimum atomic E-state index is 0.398. The van der Waals surface area contributed by atoms with Crippen molar-refractivity contribution in [1.29, 1.82) is 0 Å². The third-order valence-corrected chi connectivity index (χ3v) is 4.32. The molecule has 1 aliphatic heterocycles. The van der Waals surface area contributed by atoms with Gasteiger partial charge in [0.05, 0.1) is 13.2 Å². The van der Waals surface area contributed by atoms with Crippen molar-refractivity contribution < 1.29 is 9.26 Å². The predicted molar refractivity (Wildman–Crippen MR) is 99.6 cm³/mol. The Kier molecular flexibility index (Phi) is 6.60. The molecule has 1 atom stereocenters. The fraction of sp³-hybridized carbons (Fsp3) is 0.526. The van der Waals surface area contributed by atoms with Crippen LogP contribution in [0.15, 0.2) is 39.8 Å². The van der Waals surface area contributed by atoms with E-state index in [2.05, 4.69) is 44.4 Å². The largest absolute Gasteiger partial charge is 0.376 e. The molecule has 0 spiro atoms. The Morgan fingerprint density at radius 3 is 2.96 bits per heavy atom. The Labute approximate surface area is 154 Å². The van der Waals surface area contributed by atoms with Crippen LogP contribution in [0.1, 0.15) is 30.6 Å². The Hall–Kier alpha value is -2.41. The third kappa shape index (κ3) is 5.29. The van der Waals surface area contributed by atoms with E-state index >= 15 is 0 Å². The van der Waals surface area contributed by atoms with Crippen molar-refractivity contribution in [2.75, 3.05) is 26.2 Å². The second kappa shape index (κ2) is 9.33. The van der Waals surface area contributed by atoms with Gasteiger partial charge in [-0.15, -0.1) is 0 Å². The zero-order chi connectivity index (χ0) is 18.2. The molecule has 7 heteroatoms. The monoisotopic (exact) mass is 357 g/mol. The molecule has 3 rings (SSSR count). The van der Waals surface area contributed by atoms with Crippen LogP contribution in [0, 0.1) is 12.8 Å². The summed E-state index contributed by atoms with van der Waals surface area (Å²) >= 11 is 0. The van der Waals surface area contributed by atoms with E-state index in [0.29, 0.717) is 30.8 Å². The summed E-state index contributed by atoms with van der Waals surface area (Å²) in [5, 5.41) is 7.15. The van der Waals surface area contributed by atoms with E-state index in [-0.39, 0.29) is 0 Å². The minimum Gasteiger partial charge on any atom is -0.376 e. The van der Waals surface area contributed by atoms with E-state index < -0.39 is 0 Å². The van der Waals surface area contributed by atoms with Crippen molar-refractivity contribution in [3.05, 3.63) is 47.6 Å². The van der Waals surface area contributed by atoms with Gasteiger partial charge in [-0.1, -0.05) is 35.5 Å². The van der Waals surface area contributed by atoms with Crippen LogP contribution in [0.5, 0.6) is 0 Å². The molecular formula is C19H27N5O2. The first-order valence-electron chi connectivity index (χ1n) is 9.18. The molecule has 2 heterocycles. The van der Waals surface area contributed by atoms with Gasteiger partial charge in [0.2, 0.25) is 5.89 Å². The number of likely N-dealkylation sites (tertiary alicyclic amines) is 1. The molecule has 1 unspecified atom stereocenters. The van der Waals surface area contributed by atoms with Crippen molar-refractivity contribution in [2.45, 2.75) is 33.4 Å². The van der Waals surface area contributed by atoms with Crippen LogP contribution in [0.4, 0.5) is 0 Å². The van der Waals surface area contributed by atoms with Gasteiger partial charge < -0.3 is 19.5 Å². The number of aryl methyl sites for hydroxylation is 1. The van der Waals surface area contributed by atoms with Gasteiger partial charge in [-0.05, 0) is 25.8 Å². The van der Waals surface area contributed by atoms with Crippen LogP contribution in [0.25, 0.3) is 0 Å². The second-order valence-corrected chi connectivity index (χ2v) is 6.51. The molecular weight excluding hydrogens is 330 g/mol. The highest BCUT2D eigenvalue weighted by molar-refractivity contribution is 5.80. The lowest BCUT2D eigenvalue weighted by Crippen LogP contribution is -2.40. The van der Waals surface area contributed by atoms with Crippen LogP contribution in [0.3, 0.4) is 0 Å². The number of aromatic nitrogens is 2. The standard InChI is InChI=1S/C19H27N5O2/c1-3-20-19(21-11-18-22-15(2)23-26-18)24-10-9-17(12-24)14-25-13-16-7-5-4-6-8-16/h4-8,17H,3,9-14H2,1-2H3,(H,20,21). The molecule has 26 heavy (non-hydrogen) atoms. The highest BCUT2D eigenvalue weighted by Crippen LogP contribution is 2.17. The number of nitrogens with one attached hydrogen (secondary N) is 1. The molecule has 0 aliphatic carbocycles. The fourth-order valence-corrected chi connectivity index (χ4v) is 3.05. The summed E-state index contributed by atoms with van der Waals surface area (Å²) in [6.07, 6.45) is 1.11. The molecule has 1 aliphatic rings. The first kappa shape index (κ1) is 18.4. The van der Waals surface area contributed by atoms with Gasteiger partial charge in [-0.2, -0.15) is 4.98 Å². The summed E-state index contributed by atoms with van der Waals surface area (Å²) in [6, 6.07) is 10.3. The number of guanidine groups is 1. The topological polar surface area (TPSA) is 75.8 Å². The normalized spacial score (nSPS) is 17.7. The van der Waals surface area contributed by atoms with Gasteiger partial charge in [-0.25, -0.2) is 4.99 Å². The van der Waals surface area contributed by atoms with Crippen LogP contribution >= 0.6 is 0 Å². The second-order valence-electron chi connectivity index (χ2n) is 6.51. The van der Waals surface area contributed by atoms with E-state index in [1.165, 1.54) is 5.56 Å². The molecule has 1 aromatic carbocycles. The van der Waals surface area contributed by atoms with E-state index in [9.17, 15) is 0 Å². The molecule has 140 valence electrons. The molecule has 0 saturated carbocycles. The summed E-state index contributed by atoms with van der Waals surface area (Å²) in [6.45, 7) is 8.47. The SMILES string of the molecule is CCNC(=NCc1nc(C)no1)N1CCC(COCc2ccccc2)C1. The number of hydrogen-bond donors (Lipinski definition) is 1. The lowest BCUT2D eigenvalue weighted by molar-refractivity contribution is 0.0906. The van der Waals surface area contributed by atoms with Crippen LogP contribution in [-0.4, -0.2) is 47.2 Å². The lowest BCUT2D eigenvalue weighted by atomic mass is 10.1. The number of aliphatic imine (C=N–C) groups is 1. The summed E-state index contributed by atoms with van der Waals surface area (Å²) < 4.78 is 11.0. The molecule has 1 N–H and O–H groups in total. The van der Waals surface area contributed by atoms with Gasteiger partial charge in [0.25, 0.3) is 0 Å². The number of benzene rings is 1. The summed E-state index contributed by atoms with van der Waals surface area (Å²) in [4.78, 5) is 11.1. The van der Waals surface area contributed by atoms with Crippen molar-refractivity contribution in [2.24, 2.45) is 10.9 Å². The molecule has 1 fully saturated rings. The van der Waals surface area contributed by atoms with Crippen molar-refractivity contribution in [3.8, 4) is 0 Å². The van der Waals surface area contributed by atoms with E-state index in [1.54, 1.807) is 0 Å². The van der Waals surface area contributed by atoms with Gasteiger partial charge >= 0.3 is 0 Å². The van der Waals surface area contributed by atoms with Crippen molar-refractivity contribution >= 4 is 5.96 Å². The Morgan fingerprint density at radius 1 is 1.38 bits per heavy atom. The number of nitrogens with zero attached hydrogens (tertiary/aromatic N) is 4. The fourth-order valence-electron chi connectivity index (χ4n) is 3.05. The zero-order valence-electron chi connectivity index (χ0n) is 15.5. The van der Waals surface area contributed by atoms with Crippen LogP contribution in [0.2, 0.25) is 0 Å². The summed E-state index contributed by atoms with van der Waals surface area (Å²) in [7, 11) is 0. The van der Waals surface area contributed by atoms with Crippen molar-refractivity contribution in [3.63, 3.8) is 0 Å². The van der Waals surface area contributed by atoms with E-state index in [1.807, 2.05) is 25.1 Å². The maximum Gasteiger partial charge on any atom is 0.248 e. The first-order chi connectivity index (χ1) is 12.7. The number of rotatable bonds is 7. The molecule has 2 aromatic rings. The van der Waals surface area contributed by atoms with Gasteiger partial charge in [0.1, 0.15) is 6.54 Å². The van der Waals surface area contributed by atoms with Crippen molar-refractivity contribution in [1.82, 2.24) is 20.4 Å². The lowest BCUT2D eigenvalue weighted by Gasteiger charge is -2.21.